The van der Waals surface area contributed by atoms with Crippen molar-refractivity contribution in [1.29, 1.82) is 0 Å². The van der Waals surface area contributed by atoms with Crippen LogP contribution in [0.2, 0.25) is 0 Å². The second-order valence-electron chi connectivity index (χ2n) is 7.18. The quantitative estimate of drug-likeness (QED) is 0.738. The van der Waals surface area contributed by atoms with Crippen LogP contribution in [0.5, 0.6) is 0 Å². The van der Waals surface area contributed by atoms with E-state index in [0.29, 0.717) is 0 Å². The largest absolute Gasteiger partial charge is 0.375 e. The average Bonchev–Trinajstić information content (AvgIpc) is 2.50. The SMILES string of the molecule is CC(C)CCN1CCCN(CCOC(C)(C)C)CC1. The molecule has 19 heavy (non-hydrogen) atoms. The van der Waals surface area contributed by atoms with Crippen molar-refractivity contribution in [2.24, 2.45) is 5.92 Å². The lowest BCUT2D eigenvalue weighted by atomic mass is 10.1. The van der Waals surface area contributed by atoms with Gasteiger partial charge in [0.25, 0.3) is 0 Å². The predicted molar refractivity (Wildman–Crippen MR) is 82.7 cm³/mol. The summed E-state index contributed by atoms with van der Waals surface area (Å²) in [7, 11) is 0. The van der Waals surface area contributed by atoms with Gasteiger partial charge in [-0.1, -0.05) is 13.8 Å². The fourth-order valence-corrected chi connectivity index (χ4v) is 2.39. The third-order valence-corrected chi connectivity index (χ3v) is 3.65. The molecule has 114 valence electrons. The van der Waals surface area contributed by atoms with Crippen molar-refractivity contribution in [3.63, 3.8) is 0 Å². The van der Waals surface area contributed by atoms with Gasteiger partial charge in [-0.2, -0.15) is 0 Å². The van der Waals surface area contributed by atoms with Crippen molar-refractivity contribution >= 4 is 0 Å². The molecule has 0 bridgehead atoms. The molecule has 0 N–H and O–H groups in total. The van der Waals surface area contributed by atoms with E-state index in [-0.39, 0.29) is 5.60 Å². The molecule has 0 atom stereocenters. The second-order valence-corrected chi connectivity index (χ2v) is 7.18. The third kappa shape index (κ3) is 8.61. The summed E-state index contributed by atoms with van der Waals surface area (Å²) in [5, 5.41) is 0. The molecule has 1 aliphatic heterocycles. The maximum atomic E-state index is 5.82. The zero-order chi connectivity index (χ0) is 14.3. The number of hydrogen-bond acceptors (Lipinski definition) is 3. The van der Waals surface area contributed by atoms with Gasteiger partial charge in [-0.15, -0.1) is 0 Å². The first-order valence-electron chi connectivity index (χ1n) is 7.95. The van der Waals surface area contributed by atoms with Gasteiger partial charge in [-0.05, 0) is 59.2 Å². The summed E-state index contributed by atoms with van der Waals surface area (Å²) >= 11 is 0. The Morgan fingerprint density at radius 3 is 2.05 bits per heavy atom. The lowest BCUT2D eigenvalue weighted by Gasteiger charge is -2.25. The van der Waals surface area contributed by atoms with Crippen molar-refractivity contribution in [3.8, 4) is 0 Å². The topological polar surface area (TPSA) is 15.7 Å². The highest BCUT2D eigenvalue weighted by molar-refractivity contribution is 4.70. The van der Waals surface area contributed by atoms with Crippen LogP contribution in [0.1, 0.15) is 47.5 Å². The first-order valence-corrected chi connectivity index (χ1v) is 7.95. The van der Waals surface area contributed by atoms with Crippen LogP contribution >= 0.6 is 0 Å². The fraction of sp³-hybridized carbons (Fsp3) is 1.00. The molecule has 1 fully saturated rings. The van der Waals surface area contributed by atoms with Gasteiger partial charge in [-0.25, -0.2) is 0 Å². The molecule has 0 aliphatic carbocycles. The van der Waals surface area contributed by atoms with E-state index >= 15 is 0 Å². The summed E-state index contributed by atoms with van der Waals surface area (Å²) in [5.41, 5.74) is -0.00481. The molecule has 0 aromatic heterocycles. The van der Waals surface area contributed by atoms with Crippen LogP contribution in [0, 0.1) is 5.92 Å². The molecule has 3 heteroatoms. The number of ether oxygens (including phenoxy) is 1. The number of nitrogens with zero attached hydrogens (tertiary/aromatic N) is 2. The molecule has 0 aromatic carbocycles. The Bertz CT molecular complexity index is 235. The Morgan fingerprint density at radius 2 is 1.53 bits per heavy atom. The summed E-state index contributed by atoms with van der Waals surface area (Å²) < 4.78 is 5.82. The van der Waals surface area contributed by atoms with E-state index in [1.54, 1.807) is 0 Å². The van der Waals surface area contributed by atoms with Crippen molar-refractivity contribution in [2.45, 2.75) is 53.1 Å². The molecule has 1 saturated heterocycles. The molecule has 0 unspecified atom stereocenters. The van der Waals surface area contributed by atoms with Gasteiger partial charge in [0.05, 0.1) is 12.2 Å². The van der Waals surface area contributed by atoms with Gasteiger partial charge in [0.1, 0.15) is 0 Å². The Labute approximate surface area is 120 Å². The second kappa shape index (κ2) is 8.23. The minimum Gasteiger partial charge on any atom is -0.375 e. The van der Waals surface area contributed by atoms with Gasteiger partial charge in [0.15, 0.2) is 0 Å². The van der Waals surface area contributed by atoms with E-state index in [4.69, 9.17) is 4.74 Å². The molecule has 0 spiro atoms. The summed E-state index contributed by atoms with van der Waals surface area (Å²) in [4.78, 5) is 5.19. The fourth-order valence-electron chi connectivity index (χ4n) is 2.39. The van der Waals surface area contributed by atoms with Gasteiger partial charge < -0.3 is 9.64 Å². The van der Waals surface area contributed by atoms with Gasteiger partial charge >= 0.3 is 0 Å². The van der Waals surface area contributed by atoms with E-state index in [2.05, 4.69) is 44.4 Å². The molecule has 1 heterocycles. The maximum Gasteiger partial charge on any atom is 0.0600 e. The summed E-state index contributed by atoms with van der Waals surface area (Å²) in [6, 6.07) is 0. The summed E-state index contributed by atoms with van der Waals surface area (Å²) in [6.07, 6.45) is 2.63. The molecule has 0 radical (unpaired) electrons. The van der Waals surface area contributed by atoms with E-state index in [0.717, 1.165) is 19.1 Å². The summed E-state index contributed by atoms with van der Waals surface area (Å²) in [5.74, 6) is 0.819. The van der Waals surface area contributed by atoms with Crippen molar-refractivity contribution in [3.05, 3.63) is 0 Å². The van der Waals surface area contributed by atoms with Gasteiger partial charge in [-0.3, -0.25) is 4.90 Å². The van der Waals surface area contributed by atoms with E-state index < -0.39 is 0 Å². The average molecular weight is 270 g/mol. The Morgan fingerprint density at radius 1 is 0.947 bits per heavy atom. The minimum absolute atomic E-state index is 0.00481. The van der Waals surface area contributed by atoms with Gasteiger partial charge in [0, 0.05) is 19.6 Å². The van der Waals surface area contributed by atoms with Gasteiger partial charge in [0.2, 0.25) is 0 Å². The molecule has 3 nitrogen and oxygen atoms in total. The minimum atomic E-state index is -0.00481. The van der Waals surface area contributed by atoms with Crippen LogP contribution in [0.3, 0.4) is 0 Å². The normalized spacial score (nSPS) is 19.9. The highest BCUT2D eigenvalue weighted by Gasteiger charge is 2.16. The van der Waals surface area contributed by atoms with E-state index in [1.165, 1.54) is 45.6 Å². The number of hydrogen-bond donors (Lipinski definition) is 0. The maximum absolute atomic E-state index is 5.82. The summed E-state index contributed by atoms with van der Waals surface area (Å²) in [6.45, 7) is 19.1. The number of rotatable bonds is 6. The molecule has 0 amide bonds. The lowest BCUT2D eigenvalue weighted by molar-refractivity contribution is -0.0126. The molecule has 0 aromatic rings. The molecular formula is C16H34N2O. The highest BCUT2D eigenvalue weighted by Crippen LogP contribution is 2.09. The third-order valence-electron chi connectivity index (χ3n) is 3.65. The Balaban J connectivity index is 2.18. The predicted octanol–water partition coefficient (Wildman–Crippen LogP) is 2.86. The van der Waals surface area contributed by atoms with Crippen LogP contribution in [-0.4, -0.2) is 61.3 Å². The first-order chi connectivity index (χ1) is 8.87. The molecule has 1 rings (SSSR count). The van der Waals surface area contributed by atoms with Crippen molar-refractivity contribution in [1.82, 2.24) is 9.80 Å². The van der Waals surface area contributed by atoms with Crippen molar-refractivity contribution < 1.29 is 4.74 Å². The molecule has 0 saturated carbocycles. The smallest absolute Gasteiger partial charge is 0.0600 e. The van der Waals surface area contributed by atoms with Crippen molar-refractivity contribution in [2.75, 3.05) is 45.9 Å². The Hall–Kier alpha value is -0.120. The Kier molecular flexibility index (Phi) is 7.33. The monoisotopic (exact) mass is 270 g/mol. The molecule has 1 aliphatic rings. The zero-order valence-corrected chi connectivity index (χ0v) is 13.7. The van der Waals surface area contributed by atoms with Crippen LogP contribution in [0.25, 0.3) is 0 Å². The lowest BCUT2D eigenvalue weighted by Crippen LogP contribution is -2.34. The highest BCUT2D eigenvalue weighted by atomic mass is 16.5. The molecular weight excluding hydrogens is 236 g/mol. The standard InChI is InChI=1S/C16H34N2O/c1-15(2)7-10-17-8-6-9-18(12-11-17)13-14-19-16(3,4)5/h15H,6-14H2,1-5H3. The van der Waals surface area contributed by atoms with E-state index in [1.807, 2.05) is 0 Å². The first kappa shape index (κ1) is 16.9. The van der Waals surface area contributed by atoms with Crippen LogP contribution in [-0.2, 0) is 4.74 Å². The zero-order valence-electron chi connectivity index (χ0n) is 13.7. The van der Waals surface area contributed by atoms with Crippen LogP contribution in [0.4, 0.5) is 0 Å². The van der Waals surface area contributed by atoms with E-state index in [9.17, 15) is 0 Å². The van der Waals surface area contributed by atoms with Crippen LogP contribution < -0.4 is 0 Å². The van der Waals surface area contributed by atoms with Crippen LogP contribution in [0.15, 0.2) is 0 Å².